The van der Waals surface area contributed by atoms with Crippen LogP contribution in [0.4, 0.5) is 5.13 Å². The van der Waals surface area contributed by atoms with Crippen LogP contribution in [-0.2, 0) is 19.9 Å². The van der Waals surface area contributed by atoms with E-state index in [1.165, 1.54) is 51.1 Å². The van der Waals surface area contributed by atoms with Crippen molar-refractivity contribution in [2.45, 2.75) is 28.2 Å². The quantitative estimate of drug-likeness (QED) is 0.0321. The number of oxime groups is 1. The third kappa shape index (κ3) is 6.62. The lowest BCUT2D eigenvalue weighted by atomic mass is 9.77. The number of carboxylic acids is 1. The van der Waals surface area contributed by atoms with Crippen LogP contribution < -0.4 is 10.6 Å². The molecule has 3 aromatic carbocycles. The van der Waals surface area contributed by atoms with E-state index in [2.05, 4.69) is 31.0 Å². The van der Waals surface area contributed by atoms with Crippen molar-refractivity contribution in [3.05, 3.63) is 135 Å². The van der Waals surface area contributed by atoms with Gasteiger partial charge in [-0.2, -0.15) is 0 Å². The molecule has 5 aromatic rings. The van der Waals surface area contributed by atoms with Crippen LogP contribution in [0.2, 0.25) is 0 Å². The first-order valence-corrected chi connectivity index (χ1v) is 19.3. The first kappa shape index (κ1) is 34.4. The fourth-order valence-electron chi connectivity index (χ4n) is 6.08. The molecule has 51 heavy (non-hydrogen) atoms. The van der Waals surface area contributed by atoms with Gasteiger partial charge in [-0.3, -0.25) is 14.5 Å². The number of aryl methyl sites for hydroxylation is 1. The first-order chi connectivity index (χ1) is 24.8. The Labute approximate surface area is 308 Å². The lowest BCUT2D eigenvalue weighted by Crippen LogP contribution is -2.71. The molecular weight excluding hydrogens is 727 g/mol. The summed E-state index contributed by atoms with van der Waals surface area (Å²) in [6, 6.07) is 28.8. The second-order valence-electron chi connectivity index (χ2n) is 11.5. The van der Waals surface area contributed by atoms with Gasteiger partial charge in [0.05, 0.1) is 0 Å². The molecule has 2 atom stereocenters. The Morgan fingerprint density at radius 3 is 2.12 bits per heavy atom. The molecule has 0 bridgehead atoms. The van der Waals surface area contributed by atoms with Crippen molar-refractivity contribution in [1.29, 1.82) is 0 Å². The van der Waals surface area contributed by atoms with Gasteiger partial charge in [0.1, 0.15) is 33.4 Å². The van der Waals surface area contributed by atoms with Gasteiger partial charge in [-0.05, 0) is 29.2 Å². The van der Waals surface area contributed by atoms with Crippen LogP contribution in [0.25, 0.3) is 0 Å². The summed E-state index contributed by atoms with van der Waals surface area (Å²) in [7, 11) is 0. The smallest absolute Gasteiger partial charge is 0.352 e. The van der Waals surface area contributed by atoms with Crippen molar-refractivity contribution >= 4 is 74.8 Å². The van der Waals surface area contributed by atoms with Crippen LogP contribution in [0.5, 0.6) is 0 Å². The number of benzene rings is 3. The SMILES string of the molecule is Cc1nnc(SCC2=C(C(=O)O)N3C(=O)C(NC(=O)C(=NO)c4csc(NC(c5ccccc5)(c5ccccc5)c5ccccc5)n4)[C@H]3SC2)s1. The molecule has 0 aliphatic carbocycles. The highest BCUT2D eigenvalue weighted by atomic mass is 32.2. The number of aromatic nitrogens is 3. The predicted molar refractivity (Wildman–Crippen MR) is 198 cm³/mol. The van der Waals surface area contributed by atoms with Gasteiger partial charge in [0, 0.05) is 16.9 Å². The molecule has 2 amide bonds. The number of hydrogen-bond acceptors (Lipinski definition) is 13. The average Bonchev–Trinajstić information content (AvgIpc) is 3.81. The third-order valence-corrected chi connectivity index (χ3v) is 12.5. The van der Waals surface area contributed by atoms with E-state index in [1.54, 1.807) is 5.38 Å². The number of nitrogens with zero attached hydrogens (tertiary/aromatic N) is 5. The number of hydrogen-bond donors (Lipinski definition) is 4. The number of β-lactam (4-membered cyclic amide) rings is 1. The zero-order valence-corrected chi connectivity index (χ0v) is 30.1. The second-order valence-corrected chi connectivity index (χ2v) is 15.8. The highest BCUT2D eigenvalue weighted by molar-refractivity contribution is 8.01. The molecule has 4 heterocycles. The van der Waals surface area contributed by atoms with Crippen molar-refractivity contribution in [3.8, 4) is 0 Å². The summed E-state index contributed by atoms with van der Waals surface area (Å²) in [4.78, 5) is 45.0. The van der Waals surface area contributed by atoms with Gasteiger partial charge < -0.3 is 20.9 Å². The van der Waals surface area contributed by atoms with Crippen molar-refractivity contribution in [2.75, 3.05) is 16.8 Å². The van der Waals surface area contributed by atoms with Crippen LogP contribution in [0.3, 0.4) is 0 Å². The van der Waals surface area contributed by atoms with E-state index in [1.807, 2.05) is 97.9 Å². The van der Waals surface area contributed by atoms with E-state index in [0.29, 0.717) is 26.6 Å². The fraction of sp³-hybridized carbons (Fsp3) is 0.171. The van der Waals surface area contributed by atoms with Gasteiger partial charge in [-0.25, -0.2) is 9.78 Å². The largest absolute Gasteiger partial charge is 0.477 e. The summed E-state index contributed by atoms with van der Waals surface area (Å²) < 4.78 is 0.707. The number of fused-ring (bicyclic) bond motifs is 1. The number of carbonyl (C=O) groups excluding carboxylic acids is 2. The minimum Gasteiger partial charge on any atom is -0.477 e. The molecule has 0 spiro atoms. The van der Waals surface area contributed by atoms with Crippen LogP contribution in [0, 0.1) is 6.92 Å². The Morgan fingerprint density at radius 1 is 0.980 bits per heavy atom. The standard InChI is InChI=1S/C35H29N7O5S4/c1-20-39-40-34(51-20)50-18-21-17-48-31-27(30(44)42(31)28(21)32(45)46)37-29(43)26(41-47)25-19-49-33(36-25)38-35(22-11-5-2-6-12-22,23-13-7-3-8-14-23)24-15-9-4-10-16-24/h2-16,19,27,31,47H,17-18H2,1H3,(H,36,38)(H,37,43)(H,45,46)/t27?,31-/m1/s1. The molecule has 16 heteroatoms. The molecule has 1 fully saturated rings. The Morgan fingerprint density at radius 2 is 1.59 bits per heavy atom. The lowest BCUT2D eigenvalue weighted by Gasteiger charge is -2.49. The first-order valence-electron chi connectivity index (χ1n) is 15.6. The van der Waals surface area contributed by atoms with Gasteiger partial charge in [-0.15, -0.1) is 33.3 Å². The summed E-state index contributed by atoms with van der Waals surface area (Å²) in [6.07, 6.45) is 0. The molecule has 0 radical (unpaired) electrons. The molecule has 4 N–H and O–H groups in total. The van der Waals surface area contributed by atoms with Crippen molar-refractivity contribution in [1.82, 2.24) is 25.4 Å². The zero-order valence-electron chi connectivity index (χ0n) is 26.8. The molecule has 0 saturated carbocycles. The molecule has 12 nitrogen and oxygen atoms in total. The van der Waals surface area contributed by atoms with E-state index < -0.39 is 34.7 Å². The molecule has 2 aliphatic heterocycles. The predicted octanol–water partition coefficient (Wildman–Crippen LogP) is 5.42. The molecular formula is C35H29N7O5S4. The minimum absolute atomic E-state index is 0.0898. The summed E-state index contributed by atoms with van der Waals surface area (Å²) in [5, 5.41) is 39.9. The van der Waals surface area contributed by atoms with E-state index in [-0.39, 0.29) is 17.1 Å². The highest BCUT2D eigenvalue weighted by Gasteiger charge is 2.54. The number of rotatable bonds is 12. The van der Waals surface area contributed by atoms with E-state index in [9.17, 15) is 24.7 Å². The number of carboxylic acid groups (broad SMARTS) is 1. The van der Waals surface area contributed by atoms with Gasteiger partial charge in [0.2, 0.25) is 0 Å². The number of amides is 2. The van der Waals surface area contributed by atoms with Crippen LogP contribution >= 0.6 is 46.2 Å². The Kier molecular flexibility index (Phi) is 9.90. The van der Waals surface area contributed by atoms with Gasteiger partial charge in [0.15, 0.2) is 15.2 Å². The minimum atomic E-state index is -1.22. The van der Waals surface area contributed by atoms with Crippen molar-refractivity contribution in [3.63, 3.8) is 0 Å². The second kappa shape index (κ2) is 14.7. The Balaban J connectivity index is 1.11. The maximum atomic E-state index is 13.5. The summed E-state index contributed by atoms with van der Waals surface area (Å²) in [5.41, 5.74) is 2.21. The molecule has 2 aliphatic rings. The topological polar surface area (TPSA) is 170 Å². The van der Waals surface area contributed by atoms with E-state index in [0.717, 1.165) is 21.7 Å². The highest BCUT2D eigenvalue weighted by Crippen LogP contribution is 2.43. The third-order valence-electron chi connectivity index (χ3n) is 8.39. The normalized spacial score (nSPS) is 17.5. The summed E-state index contributed by atoms with van der Waals surface area (Å²) in [6.45, 7) is 1.84. The van der Waals surface area contributed by atoms with Crippen molar-refractivity contribution in [2.24, 2.45) is 5.16 Å². The van der Waals surface area contributed by atoms with Crippen LogP contribution in [0.1, 0.15) is 27.4 Å². The molecule has 1 unspecified atom stereocenters. The number of carbonyl (C=O) groups is 3. The zero-order chi connectivity index (χ0) is 35.5. The monoisotopic (exact) mass is 755 g/mol. The lowest BCUT2D eigenvalue weighted by molar-refractivity contribution is -0.150. The molecule has 2 aromatic heterocycles. The van der Waals surface area contributed by atoms with Crippen LogP contribution in [0.15, 0.2) is 117 Å². The van der Waals surface area contributed by atoms with E-state index in [4.69, 9.17) is 0 Å². The number of thioether (sulfide) groups is 2. The Hall–Kier alpha value is -5.03. The van der Waals surface area contributed by atoms with Crippen molar-refractivity contribution < 1.29 is 24.7 Å². The van der Waals surface area contributed by atoms with Gasteiger partial charge >= 0.3 is 5.97 Å². The fourth-order valence-corrected chi connectivity index (χ4v) is 10.1. The molecule has 7 rings (SSSR count). The average molecular weight is 756 g/mol. The summed E-state index contributed by atoms with van der Waals surface area (Å²) in [5.74, 6) is -1.93. The van der Waals surface area contributed by atoms with Gasteiger partial charge in [-0.1, -0.05) is 119 Å². The number of nitrogens with one attached hydrogen (secondary N) is 2. The maximum absolute atomic E-state index is 13.5. The number of thiazole rings is 1. The number of aliphatic carboxylic acids is 1. The maximum Gasteiger partial charge on any atom is 0.352 e. The number of anilines is 1. The molecule has 258 valence electrons. The van der Waals surface area contributed by atoms with Gasteiger partial charge in [0.25, 0.3) is 11.8 Å². The van der Waals surface area contributed by atoms with E-state index >= 15 is 0 Å². The Bertz CT molecular complexity index is 2040. The summed E-state index contributed by atoms with van der Waals surface area (Å²) >= 11 is 5.36. The van der Waals surface area contributed by atoms with Crippen LogP contribution in [-0.4, -0.2) is 76.8 Å². The molecule has 1 saturated heterocycles.